The molecular weight excluding hydrogens is 532 g/mol. The predicted molar refractivity (Wildman–Crippen MR) is 84.3 cm³/mol. The number of ether oxygens (including phenoxy) is 1. The Morgan fingerprint density at radius 3 is 2.52 bits per heavy atom. The Bertz CT molecular complexity index is 701. The van der Waals surface area contributed by atoms with E-state index in [1.165, 1.54) is 0 Å². The monoisotopic (exact) mass is 542 g/mol. The van der Waals surface area contributed by atoms with Crippen molar-refractivity contribution in [2.45, 2.75) is 16.8 Å². The second-order valence-corrected chi connectivity index (χ2v) is 6.25. The maximum atomic E-state index is 14.3. The fourth-order valence-electron chi connectivity index (χ4n) is 2.17. The Morgan fingerprint density at radius 2 is 2.00 bits per heavy atom. The molecule has 0 fully saturated rings. The van der Waals surface area contributed by atoms with Crippen molar-refractivity contribution < 1.29 is 59.8 Å². The van der Waals surface area contributed by atoms with Crippen LogP contribution >= 0.6 is 22.6 Å². The first-order valence-corrected chi connectivity index (χ1v) is 7.93. The van der Waals surface area contributed by atoms with Crippen LogP contribution in [0, 0.1) is 29.0 Å². The van der Waals surface area contributed by atoms with Gasteiger partial charge < -0.3 is 9.64 Å². The summed E-state index contributed by atoms with van der Waals surface area (Å²) in [5.74, 6) is -3.06. The molecule has 1 atom stereocenters. The fourth-order valence-corrected chi connectivity index (χ4v) is 2.72. The van der Waals surface area contributed by atoms with Gasteiger partial charge in [-0.05, 0) is 12.1 Å². The van der Waals surface area contributed by atoms with Gasteiger partial charge in [-0.3, -0.25) is 4.79 Å². The van der Waals surface area contributed by atoms with E-state index in [0.29, 0.717) is 4.90 Å². The second-order valence-electron chi connectivity index (χ2n) is 4.75. The molecule has 0 bridgehead atoms. The number of rotatable bonds is 5. The molecular formula is C15H10F4IN2O2Y-. The summed E-state index contributed by atoms with van der Waals surface area (Å²) in [5, 5.41) is 8.40. The fraction of sp³-hybridized carbons (Fsp3) is 0.333. The van der Waals surface area contributed by atoms with Crippen molar-refractivity contribution in [1.82, 2.24) is 4.90 Å². The Hall–Kier alpha value is -0.726. The molecule has 1 aromatic carbocycles. The topological polar surface area (TPSA) is 53.3 Å². The van der Waals surface area contributed by atoms with Crippen molar-refractivity contribution in [3.63, 3.8) is 0 Å². The first-order valence-electron chi connectivity index (χ1n) is 6.68. The minimum absolute atomic E-state index is 0. The SMILES string of the molecule is N#CCOc1cc(F)c(C2=[C-]CC(I)C(=O)N2CC(F)F)c(F)c1.[Y]. The quantitative estimate of drug-likeness (QED) is 0.249. The molecule has 0 aliphatic carbocycles. The number of hydrogen-bond donors (Lipinski definition) is 0. The van der Waals surface area contributed by atoms with E-state index in [1.807, 2.05) is 0 Å². The number of nitriles is 1. The van der Waals surface area contributed by atoms with Gasteiger partial charge in [0.2, 0.25) is 5.91 Å². The van der Waals surface area contributed by atoms with Gasteiger partial charge in [-0.25, -0.2) is 23.6 Å². The number of amides is 1. The molecule has 1 aromatic rings. The van der Waals surface area contributed by atoms with Crippen LogP contribution in [0.3, 0.4) is 0 Å². The molecule has 1 radical (unpaired) electrons. The molecule has 1 aliphatic heterocycles. The summed E-state index contributed by atoms with van der Waals surface area (Å²) < 4.78 is 58.2. The van der Waals surface area contributed by atoms with Crippen LogP contribution in [0.15, 0.2) is 12.1 Å². The summed E-state index contributed by atoms with van der Waals surface area (Å²) in [6.07, 6.45) is -0.185. The summed E-state index contributed by atoms with van der Waals surface area (Å²) >= 11 is 1.76. The van der Waals surface area contributed by atoms with Gasteiger partial charge in [0.15, 0.2) is 6.61 Å². The number of alkyl halides is 3. The summed E-state index contributed by atoms with van der Waals surface area (Å²) in [6.45, 7) is -1.38. The third-order valence-electron chi connectivity index (χ3n) is 3.13. The van der Waals surface area contributed by atoms with Crippen LogP contribution in [0.5, 0.6) is 5.75 Å². The molecule has 0 saturated heterocycles. The van der Waals surface area contributed by atoms with Gasteiger partial charge in [-0.15, -0.1) is 5.70 Å². The van der Waals surface area contributed by atoms with Crippen molar-refractivity contribution in [3.05, 3.63) is 35.4 Å². The minimum Gasteiger partial charge on any atom is -0.479 e. The Kier molecular flexibility index (Phi) is 8.77. The predicted octanol–water partition coefficient (Wildman–Crippen LogP) is 3.31. The maximum absolute atomic E-state index is 14.3. The van der Waals surface area contributed by atoms with E-state index >= 15 is 0 Å². The van der Waals surface area contributed by atoms with Crippen LogP contribution < -0.4 is 4.74 Å². The molecule has 0 spiro atoms. The average Bonchev–Trinajstić information content (AvgIpc) is 2.51. The molecule has 1 unspecified atom stereocenters. The number of allylic oxidation sites excluding steroid dienone is 1. The number of hydrogen-bond acceptors (Lipinski definition) is 3. The minimum atomic E-state index is -2.86. The zero-order valence-corrected chi connectivity index (χ0v) is 17.6. The van der Waals surface area contributed by atoms with E-state index in [9.17, 15) is 22.4 Å². The smallest absolute Gasteiger partial charge is 0.256 e. The van der Waals surface area contributed by atoms with Gasteiger partial charge in [-0.2, -0.15) is 5.26 Å². The zero-order valence-electron chi connectivity index (χ0n) is 12.6. The molecule has 1 heterocycles. The van der Waals surface area contributed by atoms with E-state index in [1.54, 1.807) is 28.7 Å². The van der Waals surface area contributed by atoms with Crippen LogP contribution in [0.4, 0.5) is 17.6 Å². The van der Waals surface area contributed by atoms with E-state index in [2.05, 4.69) is 6.08 Å². The molecule has 25 heavy (non-hydrogen) atoms. The summed E-state index contributed by atoms with van der Waals surface area (Å²) in [5.41, 5.74) is -0.980. The first kappa shape index (κ1) is 22.3. The molecule has 1 amide bonds. The summed E-state index contributed by atoms with van der Waals surface area (Å²) in [4.78, 5) is 12.7. The number of carbonyl (C=O) groups excluding carboxylic acids is 1. The zero-order chi connectivity index (χ0) is 17.9. The molecule has 4 nitrogen and oxygen atoms in total. The largest absolute Gasteiger partial charge is 0.479 e. The van der Waals surface area contributed by atoms with Gasteiger partial charge in [-0.1, -0.05) is 34.6 Å². The molecule has 2 rings (SSSR count). The van der Waals surface area contributed by atoms with Gasteiger partial charge in [0, 0.05) is 32.7 Å². The normalized spacial score (nSPS) is 17.0. The van der Waals surface area contributed by atoms with Gasteiger partial charge in [0.1, 0.15) is 11.8 Å². The first-order chi connectivity index (χ1) is 11.3. The molecule has 131 valence electrons. The number of halogens is 5. The molecule has 0 aromatic heterocycles. The molecule has 0 saturated carbocycles. The standard InChI is InChI=1S/C15H10F4IN2O2.Y/c16-9-5-8(24-4-3-21)6-10(17)14(9)12-2-1-11(20)15(23)22(12)7-13(18)19;/h5-6,11,13H,1,4,7H2;/q-1;. The Labute approximate surface area is 180 Å². The van der Waals surface area contributed by atoms with E-state index in [-0.39, 0.29) is 50.6 Å². The molecule has 0 N–H and O–H groups in total. The van der Waals surface area contributed by atoms with Crippen LogP contribution in [-0.4, -0.2) is 34.3 Å². The third kappa shape index (κ3) is 5.37. The third-order valence-corrected chi connectivity index (χ3v) is 4.10. The van der Waals surface area contributed by atoms with Crippen molar-refractivity contribution in [2.24, 2.45) is 0 Å². The van der Waals surface area contributed by atoms with Gasteiger partial charge >= 0.3 is 0 Å². The number of benzene rings is 1. The van der Waals surface area contributed by atoms with E-state index < -0.39 is 46.6 Å². The van der Waals surface area contributed by atoms with E-state index in [4.69, 9.17) is 10.00 Å². The van der Waals surface area contributed by atoms with Crippen molar-refractivity contribution in [2.75, 3.05) is 13.2 Å². The van der Waals surface area contributed by atoms with E-state index in [0.717, 1.165) is 12.1 Å². The van der Waals surface area contributed by atoms with Crippen molar-refractivity contribution in [3.8, 4) is 11.8 Å². The van der Waals surface area contributed by atoms with Crippen LogP contribution in [0.2, 0.25) is 0 Å². The Balaban J connectivity index is 0.00000312. The van der Waals surface area contributed by atoms with Crippen LogP contribution in [0.25, 0.3) is 5.70 Å². The molecule has 1 aliphatic rings. The van der Waals surface area contributed by atoms with Crippen LogP contribution in [0.1, 0.15) is 12.0 Å². The maximum Gasteiger partial charge on any atom is 0.256 e. The van der Waals surface area contributed by atoms with Crippen molar-refractivity contribution in [1.29, 1.82) is 5.26 Å². The summed E-state index contributed by atoms with van der Waals surface area (Å²) in [6, 6.07) is 3.30. The summed E-state index contributed by atoms with van der Waals surface area (Å²) in [7, 11) is 0. The van der Waals surface area contributed by atoms with Crippen LogP contribution in [-0.2, 0) is 37.5 Å². The van der Waals surface area contributed by atoms with Crippen molar-refractivity contribution >= 4 is 34.2 Å². The van der Waals surface area contributed by atoms with Gasteiger partial charge in [0.05, 0.1) is 22.1 Å². The average molecular weight is 542 g/mol. The molecule has 10 heteroatoms. The number of nitrogens with zero attached hydrogens (tertiary/aromatic N) is 2. The Morgan fingerprint density at radius 1 is 1.40 bits per heavy atom. The van der Waals surface area contributed by atoms with Gasteiger partial charge in [0.25, 0.3) is 6.43 Å². The second kappa shape index (κ2) is 9.83. The number of carbonyl (C=O) groups is 1.